The second-order valence-corrected chi connectivity index (χ2v) is 15.2. The maximum absolute atomic E-state index is 6.66. The second kappa shape index (κ2) is 12.6. The van der Waals surface area contributed by atoms with Crippen molar-refractivity contribution in [2.75, 3.05) is 0 Å². The van der Waals surface area contributed by atoms with E-state index in [0.29, 0.717) is 17.5 Å². The van der Waals surface area contributed by atoms with Gasteiger partial charge in [-0.15, -0.1) is 11.3 Å². The molecule has 256 valence electrons. The summed E-state index contributed by atoms with van der Waals surface area (Å²) in [6, 6.07) is 43.3. The van der Waals surface area contributed by atoms with E-state index in [1.54, 1.807) is 11.3 Å². The Morgan fingerprint density at radius 3 is 2.20 bits per heavy atom. The molecular weight excluding hydrogens is 679 g/mol. The van der Waals surface area contributed by atoms with Crippen LogP contribution < -0.4 is 4.74 Å². The van der Waals surface area contributed by atoms with Gasteiger partial charge in [0.1, 0.15) is 11.9 Å². The minimum atomic E-state index is -0.0655. The molecule has 0 N–H and O–H groups in total. The number of thiophene rings is 1. The Morgan fingerprint density at radius 1 is 0.574 bits per heavy atom. The molecule has 1 aliphatic heterocycles. The van der Waals surface area contributed by atoms with Gasteiger partial charge in [0.2, 0.25) is 0 Å². The molecule has 0 radical (unpaired) electrons. The van der Waals surface area contributed by atoms with E-state index in [1.807, 2.05) is 0 Å². The number of fused-ring (bicyclic) bond motifs is 7. The molecule has 0 fully saturated rings. The van der Waals surface area contributed by atoms with E-state index in [4.69, 9.17) is 19.7 Å². The molecule has 4 nitrogen and oxygen atoms in total. The van der Waals surface area contributed by atoms with E-state index in [9.17, 15) is 0 Å². The fraction of sp³-hybridized carbons (Fsp3) is 0.0816. The molecule has 2 atom stereocenters. The lowest BCUT2D eigenvalue weighted by atomic mass is 9.86. The van der Waals surface area contributed by atoms with E-state index in [0.717, 1.165) is 51.8 Å². The zero-order valence-corrected chi connectivity index (χ0v) is 30.1. The summed E-state index contributed by atoms with van der Waals surface area (Å²) < 4.78 is 9.08. The first-order valence-electron chi connectivity index (χ1n) is 18.6. The van der Waals surface area contributed by atoms with E-state index < -0.39 is 0 Å². The van der Waals surface area contributed by atoms with Crippen molar-refractivity contribution < 1.29 is 4.74 Å². The highest BCUT2D eigenvalue weighted by molar-refractivity contribution is 7.26. The van der Waals surface area contributed by atoms with Gasteiger partial charge in [-0.2, -0.15) is 0 Å². The van der Waals surface area contributed by atoms with Crippen LogP contribution in [0.4, 0.5) is 0 Å². The quantitative estimate of drug-likeness (QED) is 0.178. The first-order valence-corrected chi connectivity index (χ1v) is 19.4. The lowest BCUT2D eigenvalue weighted by Crippen LogP contribution is -2.16. The number of ether oxygens (including phenoxy) is 1. The number of hydrogen-bond donors (Lipinski definition) is 0. The van der Waals surface area contributed by atoms with Crippen molar-refractivity contribution in [2.45, 2.75) is 24.9 Å². The lowest BCUT2D eigenvalue weighted by Gasteiger charge is -2.17. The Balaban J connectivity index is 1.14. The van der Waals surface area contributed by atoms with Crippen LogP contribution in [-0.2, 0) is 0 Å². The Morgan fingerprint density at radius 2 is 1.33 bits per heavy atom. The highest BCUT2D eigenvalue weighted by atomic mass is 32.1. The van der Waals surface area contributed by atoms with Gasteiger partial charge in [0, 0.05) is 48.3 Å². The van der Waals surface area contributed by atoms with Gasteiger partial charge in [-0.1, -0.05) is 121 Å². The van der Waals surface area contributed by atoms with Gasteiger partial charge in [-0.3, -0.25) is 0 Å². The third-order valence-electron chi connectivity index (χ3n) is 10.9. The summed E-state index contributed by atoms with van der Waals surface area (Å²) in [5.74, 6) is 2.92. The molecule has 5 heteroatoms. The molecule has 11 rings (SSSR count). The third-order valence-corrected chi connectivity index (χ3v) is 12.1. The number of nitrogens with zero attached hydrogens (tertiary/aromatic N) is 3. The lowest BCUT2D eigenvalue weighted by molar-refractivity contribution is 0.269. The predicted octanol–water partition coefficient (Wildman–Crippen LogP) is 12.8. The van der Waals surface area contributed by atoms with Crippen molar-refractivity contribution in [3.8, 4) is 51.0 Å². The van der Waals surface area contributed by atoms with Crippen LogP contribution in [-0.4, -0.2) is 21.1 Å². The monoisotopic (exact) mass is 711 g/mol. The molecule has 2 unspecified atom stereocenters. The number of aromatic nitrogens is 3. The fourth-order valence-corrected chi connectivity index (χ4v) is 9.43. The standard InChI is InChI=1S/C49H33N3OS/c1-3-12-30(13-4-1)32-22-23-34-27-35(25-24-33(34)26-32)47-50-48(40-19-11-18-38-37-16-8-10-21-44(37)54-46(38)40)52-49(51-47)41-28-36(31-14-5-2-6-15-31)29-43-45(41)39-17-7-9-20-42(39)53-43/h1,3-5,7-29,39,42H,2,6H2. The molecule has 0 spiro atoms. The van der Waals surface area contributed by atoms with Crippen molar-refractivity contribution >= 4 is 47.9 Å². The first-order chi connectivity index (χ1) is 26.7. The van der Waals surface area contributed by atoms with Gasteiger partial charge in [0.05, 0.1) is 0 Å². The molecule has 3 heterocycles. The molecule has 0 amide bonds. The van der Waals surface area contributed by atoms with E-state index in [1.165, 1.54) is 42.3 Å². The van der Waals surface area contributed by atoms with E-state index >= 15 is 0 Å². The number of rotatable bonds is 5. The summed E-state index contributed by atoms with van der Waals surface area (Å²) in [4.78, 5) is 16.0. The van der Waals surface area contributed by atoms with Gasteiger partial charge >= 0.3 is 0 Å². The SMILES string of the molecule is C1=CC2Oc3cc(C4=CCCC=C4)cc(-c4nc(-c5ccc6cc(-c7ccccc7)ccc6c5)nc(-c5cccc6c5sc5ccccc56)n4)c3C2C=C1. The Labute approximate surface area is 317 Å². The van der Waals surface area contributed by atoms with E-state index in [2.05, 4.69) is 164 Å². The van der Waals surface area contributed by atoms with E-state index in [-0.39, 0.29) is 12.0 Å². The molecule has 0 bridgehead atoms. The number of allylic oxidation sites excluding steroid dienone is 6. The van der Waals surface area contributed by atoms with Crippen molar-refractivity contribution in [1.82, 2.24) is 15.0 Å². The smallest absolute Gasteiger partial charge is 0.165 e. The summed E-state index contributed by atoms with van der Waals surface area (Å²) in [5.41, 5.74) is 8.77. The highest BCUT2D eigenvalue weighted by Crippen LogP contribution is 2.48. The van der Waals surface area contributed by atoms with Crippen LogP contribution in [0.25, 0.3) is 81.8 Å². The average molecular weight is 712 g/mol. The van der Waals surface area contributed by atoms with Gasteiger partial charge in [-0.25, -0.2) is 15.0 Å². The largest absolute Gasteiger partial charge is 0.485 e. The van der Waals surface area contributed by atoms with Crippen molar-refractivity contribution in [2.24, 2.45) is 0 Å². The Bertz CT molecular complexity index is 2930. The molecule has 3 aliphatic rings. The van der Waals surface area contributed by atoms with Crippen LogP contribution in [0.3, 0.4) is 0 Å². The second-order valence-electron chi connectivity index (χ2n) is 14.2. The third kappa shape index (κ3) is 5.23. The summed E-state index contributed by atoms with van der Waals surface area (Å²) >= 11 is 1.79. The van der Waals surface area contributed by atoms with Crippen LogP contribution in [0, 0.1) is 0 Å². The topological polar surface area (TPSA) is 47.9 Å². The zero-order valence-electron chi connectivity index (χ0n) is 29.3. The molecular formula is C49H33N3OS. The summed E-state index contributed by atoms with van der Waals surface area (Å²) in [7, 11) is 0. The van der Waals surface area contributed by atoms with Gasteiger partial charge < -0.3 is 4.74 Å². The zero-order chi connectivity index (χ0) is 35.6. The van der Waals surface area contributed by atoms with Crippen LogP contribution in [0.2, 0.25) is 0 Å². The Kier molecular flexibility index (Phi) is 7.27. The molecule has 0 saturated heterocycles. The fourth-order valence-electron chi connectivity index (χ4n) is 8.22. The van der Waals surface area contributed by atoms with Crippen LogP contribution in [0.5, 0.6) is 5.75 Å². The van der Waals surface area contributed by atoms with Crippen molar-refractivity contribution in [3.63, 3.8) is 0 Å². The number of benzene rings is 6. The van der Waals surface area contributed by atoms with Gasteiger partial charge in [0.15, 0.2) is 17.5 Å². The molecule has 2 aromatic heterocycles. The van der Waals surface area contributed by atoms with Gasteiger partial charge in [-0.05, 0) is 88.4 Å². The molecule has 0 saturated carbocycles. The maximum atomic E-state index is 6.66. The maximum Gasteiger partial charge on any atom is 0.165 e. The van der Waals surface area contributed by atoms with Gasteiger partial charge in [0.25, 0.3) is 0 Å². The average Bonchev–Trinajstić information content (AvgIpc) is 3.82. The van der Waals surface area contributed by atoms with Crippen LogP contribution in [0.1, 0.15) is 29.9 Å². The highest BCUT2D eigenvalue weighted by Gasteiger charge is 2.36. The summed E-state index contributed by atoms with van der Waals surface area (Å²) in [6.07, 6.45) is 17.4. The van der Waals surface area contributed by atoms with Crippen molar-refractivity contribution in [1.29, 1.82) is 0 Å². The van der Waals surface area contributed by atoms with Crippen molar-refractivity contribution in [3.05, 3.63) is 175 Å². The van der Waals surface area contributed by atoms with Crippen LogP contribution >= 0.6 is 11.3 Å². The minimum absolute atomic E-state index is 0.0655. The summed E-state index contributed by atoms with van der Waals surface area (Å²) in [6.45, 7) is 0. The summed E-state index contributed by atoms with van der Waals surface area (Å²) in [5, 5.41) is 4.77. The molecule has 8 aromatic rings. The molecule has 2 aliphatic carbocycles. The first kappa shape index (κ1) is 31.1. The number of hydrogen-bond acceptors (Lipinski definition) is 5. The molecule has 6 aromatic carbocycles. The normalized spacial score (nSPS) is 17.1. The minimum Gasteiger partial charge on any atom is -0.485 e. The predicted molar refractivity (Wildman–Crippen MR) is 224 cm³/mol. The molecule has 54 heavy (non-hydrogen) atoms. The van der Waals surface area contributed by atoms with Crippen LogP contribution in [0.15, 0.2) is 164 Å². The Hall–Kier alpha value is -6.43.